The number of cyclic esters (lactones) is 4. The van der Waals surface area contributed by atoms with Crippen LogP contribution in [0.4, 0.5) is 0 Å². The zero-order chi connectivity index (χ0) is 28.4. The fraction of sp³-hybridized carbons (Fsp3) is 0.538. The molecule has 4 aliphatic rings. The smallest absolute Gasteiger partial charge is 0.317 e. The highest BCUT2D eigenvalue weighted by molar-refractivity contribution is 5.95. The molecule has 13 nitrogen and oxygen atoms in total. The molecule has 39 heavy (non-hydrogen) atoms. The van der Waals surface area contributed by atoms with Crippen molar-refractivity contribution in [3.8, 4) is 0 Å². The van der Waals surface area contributed by atoms with E-state index >= 15 is 0 Å². The molecule has 8 unspecified atom stereocenters. The van der Waals surface area contributed by atoms with Crippen LogP contribution in [-0.2, 0) is 52.6 Å². The number of carboxylic acids is 2. The van der Waals surface area contributed by atoms with Gasteiger partial charge in [-0.3, -0.25) is 38.4 Å². The lowest BCUT2D eigenvalue weighted by Crippen LogP contribution is -2.39. The van der Waals surface area contributed by atoms with Crippen molar-refractivity contribution in [2.24, 2.45) is 47.3 Å². The van der Waals surface area contributed by atoms with Gasteiger partial charge in [-0.25, -0.2) is 0 Å². The molecule has 0 saturated carbocycles. The van der Waals surface area contributed by atoms with E-state index in [1.807, 2.05) is 0 Å². The Labute approximate surface area is 221 Å². The molecule has 2 heterocycles. The lowest BCUT2D eigenvalue weighted by molar-refractivity contribution is -0.172. The van der Waals surface area contributed by atoms with E-state index in [9.17, 15) is 48.6 Å². The number of carbonyl (C=O) groups is 8. The highest BCUT2D eigenvalue weighted by Crippen LogP contribution is 2.38. The number of carboxylic acid groups (broad SMARTS) is 2. The quantitative estimate of drug-likeness (QED) is 0.187. The Hall–Kier alpha value is -4.16. The topological polar surface area (TPSA) is 205 Å². The number of rotatable bonds is 8. The second kappa shape index (κ2) is 11.3. The Bertz CT molecular complexity index is 1090. The van der Waals surface area contributed by atoms with Crippen molar-refractivity contribution >= 4 is 47.8 Å². The van der Waals surface area contributed by atoms with Crippen molar-refractivity contribution in [2.75, 3.05) is 0 Å². The minimum atomic E-state index is -1.34. The normalized spacial score (nSPS) is 33.9. The molecule has 0 amide bonds. The van der Waals surface area contributed by atoms with Crippen LogP contribution in [0.1, 0.15) is 38.5 Å². The molecule has 0 aromatic heterocycles. The van der Waals surface area contributed by atoms with Gasteiger partial charge in [0.1, 0.15) is 0 Å². The lowest BCUT2D eigenvalue weighted by atomic mass is 9.75. The molecule has 4 rings (SSSR count). The number of allylic oxidation sites excluding steroid dienone is 2. The highest BCUT2D eigenvalue weighted by Gasteiger charge is 2.45. The van der Waals surface area contributed by atoms with Crippen molar-refractivity contribution in [1.82, 2.24) is 0 Å². The first kappa shape index (κ1) is 27.9. The van der Waals surface area contributed by atoms with Crippen LogP contribution in [0.25, 0.3) is 0 Å². The van der Waals surface area contributed by atoms with E-state index in [2.05, 4.69) is 9.47 Å². The molecule has 2 saturated heterocycles. The fourth-order valence-electron chi connectivity index (χ4n) is 5.65. The van der Waals surface area contributed by atoms with E-state index in [-0.39, 0.29) is 38.5 Å². The summed E-state index contributed by atoms with van der Waals surface area (Å²) >= 11 is 0. The standard InChI is InChI=1S/C26H26O13/c27-19-9-13(23(33)37-19)5-11-1-3-15(21(29)30)17(7-11)25(35)39-26(36)18-8-12(2-4-16(18)22(31)32)6-14-10-20(28)38-24(14)34/h1-4,11-18H,5-10H2,(H,29,30)(H,31,32). The molecule has 2 aliphatic heterocycles. The Balaban J connectivity index is 1.44. The van der Waals surface area contributed by atoms with Crippen molar-refractivity contribution < 1.29 is 62.8 Å². The van der Waals surface area contributed by atoms with Crippen LogP contribution in [-0.4, -0.2) is 58.0 Å². The summed E-state index contributed by atoms with van der Waals surface area (Å²) in [6.07, 6.45) is 5.48. The minimum Gasteiger partial charge on any atom is -0.481 e. The Morgan fingerprint density at radius 2 is 1.08 bits per heavy atom. The first-order valence-electron chi connectivity index (χ1n) is 12.5. The summed E-state index contributed by atoms with van der Waals surface area (Å²) in [4.78, 5) is 96.1. The number of aliphatic carboxylic acids is 2. The lowest BCUT2D eigenvalue weighted by Gasteiger charge is -2.31. The first-order chi connectivity index (χ1) is 18.4. The van der Waals surface area contributed by atoms with Crippen LogP contribution >= 0.6 is 0 Å². The van der Waals surface area contributed by atoms with Crippen molar-refractivity contribution in [3.05, 3.63) is 24.3 Å². The summed E-state index contributed by atoms with van der Waals surface area (Å²) in [6, 6.07) is 0. The van der Waals surface area contributed by atoms with Crippen LogP contribution < -0.4 is 0 Å². The van der Waals surface area contributed by atoms with Crippen LogP contribution in [0.3, 0.4) is 0 Å². The van der Waals surface area contributed by atoms with E-state index in [0.717, 1.165) is 0 Å². The maximum atomic E-state index is 13.0. The fourth-order valence-corrected chi connectivity index (χ4v) is 5.65. The third kappa shape index (κ3) is 6.29. The van der Waals surface area contributed by atoms with Crippen LogP contribution in [0.15, 0.2) is 24.3 Å². The van der Waals surface area contributed by atoms with E-state index in [0.29, 0.717) is 0 Å². The van der Waals surface area contributed by atoms with Gasteiger partial charge in [0.05, 0.1) is 48.3 Å². The van der Waals surface area contributed by atoms with Gasteiger partial charge in [0.25, 0.3) is 0 Å². The number of hydrogen-bond donors (Lipinski definition) is 2. The molecule has 8 atom stereocenters. The summed E-state index contributed by atoms with van der Waals surface area (Å²) < 4.78 is 14.1. The van der Waals surface area contributed by atoms with E-state index in [1.54, 1.807) is 0 Å². The Kier molecular flexibility index (Phi) is 8.07. The molecule has 2 N–H and O–H groups in total. The molecular formula is C26H26O13. The van der Waals surface area contributed by atoms with Crippen molar-refractivity contribution in [3.63, 3.8) is 0 Å². The number of carbonyl (C=O) groups excluding carboxylic acids is 6. The maximum Gasteiger partial charge on any atom is 0.317 e. The maximum absolute atomic E-state index is 13.0. The van der Waals surface area contributed by atoms with Crippen molar-refractivity contribution in [1.29, 1.82) is 0 Å². The molecule has 2 fully saturated rings. The largest absolute Gasteiger partial charge is 0.481 e. The van der Waals surface area contributed by atoms with Gasteiger partial charge in [-0.15, -0.1) is 0 Å². The summed E-state index contributed by atoms with van der Waals surface area (Å²) in [5, 5.41) is 19.2. The third-order valence-electron chi connectivity index (χ3n) is 7.63. The van der Waals surface area contributed by atoms with Crippen molar-refractivity contribution in [2.45, 2.75) is 38.5 Å². The van der Waals surface area contributed by atoms with E-state index in [1.165, 1.54) is 24.3 Å². The van der Waals surface area contributed by atoms with Gasteiger partial charge in [0.2, 0.25) is 0 Å². The molecule has 2 aliphatic carbocycles. The molecule has 0 radical (unpaired) electrons. The van der Waals surface area contributed by atoms with Gasteiger partial charge >= 0.3 is 47.8 Å². The van der Waals surface area contributed by atoms with Gasteiger partial charge in [-0.05, 0) is 37.5 Å². The SMILES string of the molecule is O=C1CC(CC2C=CC(C(=O)O)C(C(=O)OC(=O)C3CC(CC4CC(=O)OC4=O)C=CC3C(=O)O)C2)C(=O)O1. The van der Waals surface area contributed by atoms with E-state index < -0.39 is 95.1 Å². The number of esters is 6. The third-order valence-corrected chi connectivity index (χ3v) is 7.63. The molecule has 0 aromatic rings. The molecular weight excluding hydrogens is 520 g/mol. The second-order valence-corrected chi connectivity index (χ2v) is 10.3. The van der Waals surface area contributed by atoms with Crippen LogP contribution in [0.2, 0.25) is 0 Å². The molecule has 208 valence electrons. The molecule has 0 spiro atoms. The summed E-state index contributed by atoms with van der Waals surface area (Å²) in [5.74, 6) is -15.3. The summed E-state index contributed by atoms with van der Waals surface area (Å²) in [7, 11) is 0. The predicted molar refractivity (Wildman–Crippen MR) is 122 cm³/mol. The zero-order valence-electron chi connectivity index (χ0n) is 20.6. The van der Waals surface area contributed by atoms with Crippen LogP contribution in [0.5, 0.6) is 0 Å². The molecule has 0 aromatic carbocycles. The van der Waals surface area contributed by atoms with Gasteiger partial charge in [0, 0.05) is 0 Å². The molecule has 0 bridgehead atoms. The summed E-state index contributed by atoms with van der Waals surface area (Å²) in [5.41, 5.74) is 0. The van der Waals surface area contributed by atoms with Gasteiger partial charge in [0.15, 0.2) is 0 Å². The molecule has 13 heteroatoms. The predicted octanol–water partition coefficient (Wildman–Crippen LogP) is 0.802. The second-order valence-electron chi connectivity index (χ2n) is 10.3. The monoisotopic (exact) mass is 546 g/mol. The minimum absolute atomic E-state index is 0.0784. The average Bonchev–Trinajstić information content (AvgIpc) is 3.36. The van der Waals surface area contributed by atoms with Gasteiger partial charge < -0.3 is 24.4 Å². The highest BCUT2D eigenvalue weighted by atomic mass is 16.6. The number of hydrogen-bond acceptors (Lipinski definition) is 11. The zero-order valence-corrected chi connectivity index (χ0v) is 20.6. The number of ether oxygens (including phenoxy) is 3. The van der Waals surface area contributed by atoms with Crippen LogP contribution in [0, 0.1) is 47.3 Å². The Morgan fingerprint density at radius 1 is 0.692 bits per heavy atom. The average molecular weight is 546 g/mol. The van der Waals surface area contributed by atoms with E-state index in [4.69, 9.17) is 4.74 Å². The Morgan fingerprint density at radius 3 is 1.38 bits per heavy atom. The van der Waals surface area contributed by atoms with Gasteiger partial charge in [-0.1, -0.05) is 24.3 Å². The van der Waals surface area contributed by atoms with Gasteiger partial charge in [-0.2, -0.15) is 0 Å². The first-order valence-corrected chi connectivity index (χ1v) is 12.5. The summed E-state index contributed by atoms with van der Waals surface area (Å²) in [6.45, 7) is 0.